The van der Waals surface area contributed by atoms with Gasteiger partial charge in [-0.3, -0.25) is 0 Å². The Kier molecular flexibility index (Phi) is 3.10. The van der Waals surface area contributed by atoms with E-state index in [1.165, 1.54) is 0 Å². The van der Waals surface area contributed by atoms with Crippen molar-refractivity contribution in [2.24, 2.45) is 0 Å². The number of rotatable bonds is 2. The van der Waals surface area contributed by atoms with Gasteiger partial charge in [-0.15, -0.1) is 5.41 Å². The topological polar surface area (TPSA) is 31.5 Å². The molecule has 0 amide bonds. The van der Waals surface area contributed by atoms with Crippen molar-refractivity contribution >= 4 is 6.40 Å². The van der Waals surface area contributed by atoms with Gasteiger partial charge >= 0.3 is 0 Å². The van der Waals surface area contributed by atoms with Crippen molar-refractivity contribution < 1.29 is 4.74 Å². The van der Waals surface area contributed by atoms with Gasteiger partial charge in [0.05, 0.1) is 6.61 Å². The number of nitrogens with zero attached hydrogens (tertiary/aromatic N) is 1. The lowest BCUT2D eigenvalue weighted by Gasteiger charge is -1.81. The van der Waals surface area contributed by atoms with E-state index in [0.29, 0.717) is 13.0 Å². The van der Waals surface area contributed by atoms with Crippen molar-refractivity contribution in [1.29, 1.82) is 0 Å². The van der Waals surface area contributed by atoms with E-state index >= 15 is 0 Å². The Morgan fingerprint density at radius 1 is 2.00 bits per heavy atom. The van der Waals surface area contributed by atoms with Crippen LogP contribution in [0.15, 0.2) is 0 Å². The van der Waals surface area contributed by atoms with E-state index in [1.54, 1.807) is 6.92 Å². The van der Waals surface area contributed by atoms with Crippen molar-refractivity contribution in [2.45, 2.75) is 6.92 Å². The normalized spacial score (nSPS) is 6.60. The molecule has 2 heteroatoms. The molecule has 0 aliphatic carbocycles. The Hall–Kier alpha value is -0.530. The molecule has 0 aromatic heterocycles. The molecule has 0 bridgehead atoms. The first-order valence-corrected chi connectivity index (χ1v) is 1.49. The third kappa shape index (κ3) is 3.47. The molecular weight excluding hydrogens is 66.0 g/mol. The second-order valence-electron chi connectivity index (χ2n) is 0.561. The molecule has 0 aliphatic heterocycles. The van der Waals surface area contributed by atoms with E-state index in [9.17, 15) is 0 Å². The average molecular weight is 72.1 g/mol. The molecule has 0 heterocycles. The summed E-state index contributed by atoms with van der Waals surface area (Å²) < 4.78 is 4.26. The molecule has 2 nitrogen and oxygen atoms in total. The fourth-order valence-electron chi connectivity index (χ4n) is 0.0745. The van der Waals surface area contributed by atoms with Gasteiger partial charge in [-0.2, -0.15) is 0 Å². The van der Waals surface area contributed by atoms with Gasteiger partial charge in [0.1, 0.15) is 0 Å². The Morgan fingerprint density at radius 3 is 2.60 bits per heavy atom. The zero-order chi connectivity index (χ0) is 4.12. The molecule has 0 aromatic carbocycles. The van der Waals surface area contributed by atoms with Crippen LogP contribution >= 0.6 is 0 Å². The first kappa shape index (κ1) is 4.47. The van der Waals surface area contributed by atoms with Gasteiger partial charge < -0.3 is 4.74 Å². The van der Waals surface area contributed by atoms with Crippen molar-refractivity contribution in [3.05, 3.63) is 0 Å². The summed E-state index contributed by atoms with van der Waals surface area (Å²) in [5, 5.41) is 7.72. The van der Waals surface area contributed by atoms with Crippen LogP contribution in [0.2, 0.25) is 0 Å². The molecule has 29 valence electrons. The first-order valence-electron chi connectivity index (χ1n) is 1.49. The summed E-state index contributed by atoms with van der Waals surface area (Å²) in [5.74, 6) is 0. The molecule has 0 saturated heterocycles. The van der Waals surface area contributed by atoms with E-state index < -0.39 is 0 Å². The van der Waals surface area contributed by atoms with Crippen molar-refractivity contribution in [3.63, 3.8) is 0 Å². The fraction of sp³-hybridized carbons (Fsp3) is 0.667. The minimum atomic E-state index is 0.538. The van der Waals surface area contributed by atoms with Gasteiger partial charge in [0.15, 0.2) is 6.40 Å². The molecule has 0 rings (SSSR count). The molecule has 0 aromatic rings. The van der Waals surface area contributed by atoms with Crippen LogP contribution in [0.1, 0.15) is 6.92 Å². The fourth-order valence-corrected chi connectivity index (χ4v) is 0.0745. The summed E-state index contributed by atoms with van der Waals surface area (Å²) in [6.07, 6.45) is 0.681. The monoisotopic (exact) mass is 72.0 g/mol. The van der Waals surface area contributed by atoms with Crippen molar-refractivity contribution in [3.8, 4) is 0 Å². The summed E-state index contributed by atoms with van der Waals surface area (Å²) >= 11 is 0. The third-order valence-electron chi connectivity index (χ3n) is 0.241. The Labute approximate surface area is 31.3 Å². The summed E-state index contributed by atoms with van der Waals surface area (Å²) in [4.78, 5) is 0. The highest BCUT2D eigenvalue weighted by atomic mass is 16.5. The van der Waals surface area contributed by atoms with Crippen LogP contribution in [0.4, 0.5) is 0 Å². The van der Waals surface area contributed by atoms with Crippen molar-refractivity contribution in [2.75, 3.05) is 6.61 Å². The summed E-state index contributed by atoms with van der Waals surface area (Å²) in [6, 6.07) is 0. The summed E-state index contributed by atoms with van der Waals surface area (Å²) in [6.45, 7) is 2.34. The first-order chi connectivity index (χ1) is 2.41. The zero-order valence-electron chi connectivity index (χ0n) is 3.14. The zero-order valence-corrected chi connectivity index (χ0v) is 3.14. The van der Waals surface area contributed by atoms with Crippen LogP contribution in [0.5, 0.6) is 0 Å². The highest BCUT2D eigenvalue weighted by Crippen LogP contribution is 1.54. The molecule has 0 saturated carbocycles. The second kappa shape index (κ2) is 3.47. The Balaban J connectivity index is 2.40. The molecule has 0 atom stereocenters. The standard InChI is InChI=1S/C3H6NO/c1-2-5-3-4/h3H,2H2,1H3. The Bertz CT molecular complexity index is 28.1. The molecule has 0 spiro atoms. The molecule has 1 radical (unpaired) electrons. The highest BCUT2D eigenvalue weighted by molar-refractivity contribution is 5.42. The van der Waals surface area contributed by atoms with Gasteiger partial charge in [-0.25, -0.2) is 0 Å². The number of hydrogen-bond acceptors (Lipinski definition) is 1. The SMILES string of the molecule is CCOC=[N]. The average Bonchev–Trinajstić information content (AvgIpc) is 1.41. The molecule has 0 fully saturated rings. The Morgan fingerprint density at radius 2 is 2.60 bits per heavy atom. The van der Waals surface area contributed by atoms with Gasteiger partial charge in [0, 0.05) is 0 Å². The van der Waals surface area contributed by atoms with E-state index in [4.69, 9.17) is 5.41 Å². The van der Waals surface area contributed by atoms with Crippen LogP contribution in [0, 0.1) is 0 Å². The lowest BCUT2D eigenvalue weighted by molar-refractivity contribution is 0.344. The van der Waals surface area contributed by atoms with Crippen LogP contribution in [-0.4, -0.2) is 13.0 Å². The van der Waals surface area contributed by atoms with Crippen LogP contribution < -0.4 is 5.41 Å². The largest absolute Gasteiger partial charge is 0.482 e. The molecule has 0 aliphatic rings. The molecular formula is C3H6NO. The molecule has 0 N–H and O–H groups in total. The van der Waals surface area contributed by atoms with Gasteiger partial charge in [-0.1, -0.05) is 0 Å². The van der Waals surface area contributed by atoms with Gasteiger partial charge in [0.25, 0.3) is 0 Å². The minimum Gasteiger partial charge on any atom is -0.482 e. The maximum atomic E-state index is 7.72. The van der Waals surface area contributed by atoms with Crippen LogP contribution in [-0.2, 0) is 4.74 Å². The smallest absolute Gasteiger partial charge is 0.195 e. The van der Waals surface area contributed by atoms with Gasteiger partial charge in [-0.05, 0) is 6.92 Å². The predicted octanol–water partition coefficient (Wildman–Crippen LogP) is -0.149. The minimum absolute atomic E-state index is 0.538. The third-order valence-corrected chi connectivity index (χ3v) is 0.241. The predicted molar refractivity (Wildman–Crippen MR) is 19.8 cm³/mol. The van der Waals surface area contributed by atoms with E-state index in [0.717, 1.165) is 0 Å². The summed E-state index contributed by atoms with van der Waals surface area (Å²) in [5.41, 5.74) is 0. The number of hydrogen-bond donors (Lipinski definition) is 0. The number of ether oxygens (including phenoxy) is 1. The summed E-state index contributed by atoms with van der Waals surface area (Å²) in [7, 11) is 0. The highest BCUT2D eigenvalue weighted by Gasteiger charge is 1.58. The van der Waals surface area contributed by atoms with Crippen LogP contribution in [0.25, 0.3) is 0 Å². The second-order valence-corrected chi connectivity index (χ2v) is 0.561. The maximum absolute atomic E-state index is 7.72. The van der Waals surface area contributed by atoms with Crippen LogP contribution in [0.3, 0.4) is 0 Å². The quantitative estimate of drug-likeness (QED) is 0.330. The molecule has 5 heavy (non-hydrogen) atoms. The van der Waals surface area contributed by atoms with Crippen molar-refractivity contribution in [1.82, 2.24) is 5.41 Å². The van der Waals surface area contributed by atoms with Gasteiger partial charge in [0.2, 0.25) is 0 Å². The van der Waals surface area contributed by atoms with E-state index in [1.807, 2.05) is 0 Å². The van der Waals surface area contributed by atoms with E-state index in [2.05, 4.69) is 4.74 Å². The lowest BCUT2D eigenvalue weighted by atomic mass is 10.9. The molecule has 0 unspecified atom stereocenters. The lowest BCUT2D eigenvalue weighted by Crippen LogP contribution is -1.82. The maximum Gasteiger partial charge on any atom is 0.195 e. The van der Waals surface area contributed by atoms with E-state index in [-0.39, 0.29) is 0 Å².